The number of nitrogens with zero attached hydrogens (tertiary/aromatic N) is 8. The Balaban J connectivity index is 1.58. The zero-order valence-electron chi connectivity index (χ0n) is 56.9. The first-order chi connectivity index (χ1) is 43.5. The third-order valence-corrected chi connectivity index (χ3v) is 18.8. The van der Waals surface area contributed by atoms with Crippen molar-refractivity contribution in [3.8, 4) is 0 Å². The highest BCUT2D eigenvalue weighted by Crippen LogP contribution is 2.34. The molecule has 0 bridgehead atoms. The first-order valence-electron chi connectivity index (χ1n) is 32.7. The SMILES string of the molecule is CC[C@H](C)C1NC(=O)[C@H](CC(C)C)N(C)C(=O)C[C@@H](C)N(C)C(=O)/C(=C/C(C)C)N(C)C(=O)C2(CCOCC2)NC(=O)[C@@H]2CCCN2C(=O)[C@H](CCc2ccc(C(F)(F)F)c(F)c2)NC(=O)CN(C)C(=O)[C@H](CC2CCCCC2)N(C)C(=O)CN(C)C(=O)CN(C)C1=O. The Bertz CT molecular complexity index is 2900. The molecular formula is C66H101F4N11O12. The summed E-state index contributed by atoms with van der Waals surface area (Å²) in [6.07, 6.45) is 1.13. The number of alkyl halides is 3. The minimum absolute atomic E-state index is 0.00706. The number of benzene rings is 1. The molecular weight excluding hydrogens is 1210 g/mol. The summed E-state index contributed by atoms with van der Waals surface area (Å²) in [5, 5.41) is 8.50. The van der Waals surface area contributed by atoms with Gasteiger partial charge in [-0.1, -0.05) is 92.2 Å². The highest BCUT2D eigenvalue weighted by atomic mass is 19.4. The monoisotopic (exact) mass is 1320 g/mol. The van der Waals surface area contributed by atoms with Crippen LogP contribution in [0.15, 0.2) is 30.0 Å². The van der Waals surface area contributed by atoms with Crippen molar-refractivity contribution >= 4 is 65.0 Å². The van der Waals surface area contributed by atoms with Gasteiger partial charge < -0.3 is 59.9 Å². The molecule has 3 N–H and O–H groups in total. The van der Waals surface area contributed by atoms with Crippen LogP contribution in [0.2, 0.25) is 0 Å². The van der Waals surface area contributed by atoms with Gasteiger partial charge in [-0.25, -0.2) is 4.39 Å². The number of amides is 11. The molecule has 5 rings (SSSR count). The molecule has 1 aromatic carbocycles. The normalized spacial score (nSPS) is 25.8. The van der Waals surface area contributed by atoms with Crippen molar-refractivity contribution in [3.05, 3.63) is 46.9 Å². The molecule has 1 aromatic rings. The van der Waals surface area contributed by atoms with Gasteiger partial charge in [-0.2, -0.15) is 13.2 Å². The van der Waals surface area contributed by atoms with Crippen LogP contribution < -0.4 is 16.0 Å². The van der Waals surface area contributed by atoms with Crippen LogP contribution in [0.4, 0.5) is 17.6 Å². The molecule has 0 radical (unpaired) electrons. The van der Waals surface area contributed by atoms with Crippen molar-refractivity contribution in [3.63, 3.8) is 0 Å². The van der Waals surface area contributed by atoms with E-state index in [-0.39, 0.29) is 107 Å². The van der Waals surface area contributed by atoms with E-state index < -0.39 is 150 Å². The van der Waals surface area contributed by atoms with Gasteiger partial charge in [-0.05, 0) is 86.8 Å². The molecule has 3 heterocycles. The number of carbonyl (C=O) groups excluding carboxylic acids is 11. The lowest BCUT2D eigenvalue weighted by molar-refractivity contribution is -0.149. The zero-order chi connectivity index (χ0) is 69.6. The Kier molecular flexibility index (Phi) is 27.8. The maximum absolute atomic E-state index is 15.2. The fourth-order valence-electron chi connectivity index (χ4n) is 12.6. The molecule has 4 fully saturated rings. The number of aryl methyl sites for hydroxylation is 1. The number of halogens is 4. The summed E-state index contributed by atoms with van der Waals surface area (Å²) in [6, 6.07) is -4.66. The summed E-state index contributed by atoms with van der Waals surface area (Å²) >= 11 is 0. The third kappa shape index (κ3) is 20.2. The summed E-state index contributed by atoms with van der Waals surface area (Å²) in [7, 11) is 9.85. The largest absolute Gasteiger partial charge is 0.419 e. The standard InChI is InChI=1S/C66H101F4N11O12/c1-15-42(6)57-63(91)76(10)38-55(84)74(8)39-56(85)79(13)52(36-44-20-17-16-18-21-44)61(89)75(9)37-53(82)71-48(26-24-45-23-25-46(47(67)35-45)66(68,69)70)60(88)81-29-19-22-49(81)59(87)73-65(27-30-93-31-28-65)64(92)80(14)51(33-41(4)5)62(90)77(11)43(7)34-54(83)78(12)50(32-40(2)3)58(86)72-57/h23,25,33,35,40-44,48-50,52,57H,15-22,24,26-32,34,36-39H2,1-14H3,(H,71,82)(H,72,86)(H,73,87)/b51-33-/t42-,43+,48-,49-,50-,52-,57?/m0/s1. The number of allylic oxidation sites excluding steroid dienone is 1. The molecule has 1 unspecified atom stereocenters. The number of hydrogen-bond acceptors (Lipinski definition) is 12. The van der Waals surface area contributed by atoms with Gasteiger partial charge >= 0.3 is 6.18 Å². The molecule has 3 saturated heterocycles. The second-order valence-corrected chi connectivity index (χ2v) is 26.9. The summed E-state index contributed by atoms with van der Waals surface area (Å²) in [5.41, 5.74) is -3.22. The predicted octanol–water partition coefficient (Wildman–Crippen LogP) is 4.74. The van der Waals surface area contributed by atoms with Gasteiger partial charge in [0.05, 0.1) is 25.2 Å². The van der Waals surface area contributed by atoms with E-state index in [9.17, 15) is 60.7 Å². The second-order valence-electron chi connectivity index (χ2n) is 26.9. The van der Waals surface area contributed by atoms with E-state index in [1.54, 1.807) is 33.8 Å². The molecule has 3 aliphatic heterocycles. The topological polar surface area (TPSA) is 259 Å². The Morgan fingerprint density at radius 3 is 1.90 bits per heavy atom. The zero-order valence-corrected chi connectivity index (χ0v) is 56.9. The first kappa shape index (κ1) is 76.5. The lowest BCUT2D eigenvalue weighted by Crippen LogP contribution is -2.64. The van der Waals surface area contributed by atoms with Crippen molar-refractivity contribution in [1.29, 1.82) is 0 Å². The molecule has 1 spiro atoms. The van der Waals surface area contributed by atoms with Gasteiger partial charge in [0.1, 0.15) is 47.3 Å². The van der Waals surface area contributed by atoms with Crippen LogP contribution >= 0.6 is 0 Å². The summed E-state index contributed by atoms with van der Waals surface area (Å²) in [4.78, 5) is 170. The Morgan fingerprint density at radius 1 is 0.699 bits per heavy atom. The third-order valence-electron chi connectivity index (χ3n) is 18.8. The fourth-order valence-corrected chi connectivity index (χ4v) is 12.6. The van der Waals surface area contributed by atoms with Gasteiger partial charge in [0.25, 0.3) is 11.8 Å². The van der Waals surface area contributed by atoms with Gasteiger partial charge in [0, 0.05) is 94.4 Å². The van der Waals surface area contributed by atoms with Crippen LogP contribution in [0.5, 0.6) is 0 Å². The molecule has 4 aliphatic rings. The van der Waals surface area contributed by atoms with Gasteiger partial charge in [-0.3, -0.25) is 52.7 Å². The first-order valence-corrected chi connectivity index (χ1v) is 32.7. The van der Waals surface area contributed by atoms with E-state index in [1.165, 1.54) is 68.9 Å². The predicted molar refractivity (Wildman–Crippen MR) is 338 cm³/mol. The van der Waals surface area contributed by atoms with Crippen LogP contribution in [0.3, 0.4) is 0 Å². The molecule has 520 valence electrons. The van der Waals surface area contributed by atoms with Crippen LogP contribution in [0.25, 0.3) is 0 Å². The van der Waals surface area contributed by atoms with E-state index in [0.29, 0.717) is 18.6 Å². The van der Waals surface area contributed by atoms with Crippen LogP contribution in [-0.4, -0.2) is 235 Å². The number of hydrogen-bond donors (Lipinski definition) is 3. The maximum atomic E-state index is 15.2. The maximum Gasteiger partial charge on any atom is 0.419 e. The number of rotatable bonds is 10. The van der Waals surface area contributed by atoms with E-state index in [2.05, 4.69) is 16.0 Å². The molecule has 11 amide bonds. The fraction of sp³-hybridized carbons (Fsp3) is 0.712. The number of ether oxygens (including phenoxy) is 1. The molecule has 27 heteroatoms. The minimum Gasteiger partial charge on any atom is -0.381 e. The Labute approximate surface area is 545 Å². The van der Waals surface area contributed by atoms with Gasteiger partial charge in [0.2, 0.25) is 53.2 Å². The average Bonchev–Trinajstić information content (AvgIpc) is 1.40. The molecule has 0 aromatic heterocycles. The van der Waals surface area contributed by atoms with E-state index in [0.717, 1.165) is 57.8 Å². The van der Waals surface area contributed by atoms with Crippen molar-refractivity contribution in [2.75, 3.05) is 88.7 Å². The Morgan fingerprint density at radius 2 is 1.31 bits per heavy atom. The van der Waals surface area contributed by atoms with E-state index in [4.69, 9.17) is 4.74 Å². The molecule has 93 heavy (non-hydrogen) atoms. The lowest BCUT2D eigenvalue weighted by atomic mass is 9.84. The highest BCUT2D eigenvalue weighted by Gasteiger charge is 2.48. The second kappa shape index (κ2) is 33.8. The van der Waals surface area contributed by atoms with Crippen LogP contribution in [0.1, 0.15) is 149 Å². The van der Waals surface area contributed by atoms with Crippen molar-refractivity contribution in [2.24, 2.45) is 23.7 Å². The molecule has 1 saturated carbocycles. The molecule has 7 atom stereocenters. The minimum atomic E-state index is -5.00. The summed E-state index contributed by atoms with van der Waals surface area (Å²) in [5.74, 6) is -9.86. The lowest BCUT2D eigenvalue weighted by Gasteiger charge is -2.41. The summed E-state index contributed by atoms with van der Waals surface area (Å²) in [6.45, 7) is 10.9. The Hall–Kier alpha value is -7.19. The average molecular weight is 1320 g/mol. The summed E-state index contributed by atoms with van der Waals surface area (Å²) < 4.78 is 61.6. The van der Waals surface area contributed by atoms with Crippen LogP contribution in [0, 0.1) is 29.5 Å². The van der Waals surface area contributed by atoms with Crippen LogP contribution in [-0.2, 0) is 70.1 Å². The number of carbonyl (C=O) groups is 11. The number of fused-ring (bicyclic) bond motifs is 1. The van der Waals surface area contributed by atoms with E-state index in [1.807, 2.05) is 20.8 Å². The quantitative estimate of drug-likeness (QED) is 0.212. The smallest absolute Gasteiger partial charge is 0.381 e. The molecule has 1 aliphatic carbocycles. The van der Waals surface area contributed by atoms with Crippen molar-refractivity contribution in [2.45, 2.75) is 193 Å². The van der Waals surface area contributed by atoms with Crippen molar-refractivity contribution < 1.29 is 75.0 Å². The van der Waals surface area contributed by atoms with Gasteiger partial charge in [-0.15, -0.1) is 0 Å². The van der Waals surface area contributed by atoms with Crippen molar-refractivity contribution in [1.82, 2.24) is 55.1 Å². The molecule has 23 nitrogen and oxygen atoms in total. The highest BCUT2D eigenvalue weighted by molar-refractivity contribution is 6.02. The number of likely N-dealkylation sites (N-methyl/N-ethyl adjacent to an activating group) is 7. The van der Waals surface area contributed by atoms with Gasteiger partial charge in [0.15, 0.2) is 0 Å². The van der Waals surface area contributed by atoms with E-state index >= 15 is 9.59 Å². The number of nitrogens with one attached hydrogen (secondary N) is 3.